The van der Waals surface area contributed by atoms with Gasteiger partial charge >= 0.3 is 5.97 Å². The van der Waals surface area contributed by atoms with Gasteiger partial charge in [-0.2, -0.15) is 5.26 Å². The van der Waals surface area contributed by atoms with Gasteiger partial charge in [-0.05, 0) is 53.0 Å². The van der Waals surface area contributed by atoms with E-state index in [4.69, 9.17) is 19.8 Å². The summed E-state index contributed by atoms with van der Waals surface area (Å²) in [5.41, 5.74) is 0.214. The van der Waals surface area contributed by atoms with Gasteiger partial charge in [0.1, 0.15) is 11.6 Å². The van der Waals surface area contributed by atoms with E-state index in [9.17, 15) is 4.79 Å². The second-order valence-electron chi connectivity index (χ2n) is 4.44. The van der Waals surface area contributed by atoms with Gasteiger partial charge in [0.05, 0.1) is 17.7 Å². The summed E-state index contributed by atoms with van der Waals surface area (Å²) in [6, 6.07) is 5.01. The van der Waals surface area contributed by atoms with Crippen molar-refractivity contribution in [2.24, 2.45) is 0 Å². The fourth-order valence-electron chi connectivity index (χ4n) is 1.70. The Bertz CT molecular complexity index is 605. The first-order chi connectivity index (χ1) is 10.5. The molecule has 0 aliphatic heterocycles. The molecule has 0 bridgehead atoms. The number of rotatable bonds is 8. The molecule has 0 fully saturated rings. The molecule has 1 rings (SSSR count). The number of benzene rings is 1. The van der Waals surface area contributed by atoms with Crippen LogP contribution in [0, 0.1) is 11.3 Å². The van der Waals surface area contributed by atoms with Gasteiger partial charge in [0, 0.05) is 0 Å². The molecule has 5 nitrogen and oxygen atoms in total. The second kappa shape index (κ2) is 9.11. The molecule has 0 saturated carbocycles. The molecule has 0 aromatic heterocycles. The van der Waals surface area contributed by atoms with Gasteiger partial charge in [-0.15, -0.1) is 0 Å². The molecular formula is C16H18BrNO4. The first-order valence-corrected chi connectivity index (χ1v) is 7.77. The fourth-order valence-corrected chi connectivity index (χ4v) is 2.28. The lowest BCUT2D eigenvalue weighted by atomic mass is 10.1. The van der Waals surface area contributed by atoms with E-state index in [1.54, 1.807) is 18.2 Å². The van der Waals surface area contributed by atoms with E-state index < -0.39 is 5.97 Å². The number of unbranched alkanes of at least 4 members (excludes halogenated alkanes) is 1. The molecule has 0 saturated heterocycles. The van der Waals surface area contributed by atoms with Crippen LogP contribution in [-0.4, -0.2) is 24.3 Å². The van der Waals surface area contributed by atoms with Gasteiger partial charge in [-0.3, -0.25) is 0 Å². The zero-order valence-corrected chi connectivity index (χ0v) is 14.1. The number of halogens is 1. The number of hydrogen-bond acceptors (Lipinski definition) is 4. The Hall–Kier alpha value is -2.00. The molecule has 0 aliphatic carbocycles. The van der Waals surface area contributed by atoms with Crippen molar-refractivity contribution >= 4 is 28.0 Å². The van der Waals surface area contributed by atoms with Crippen LogP contribution in [0.2, 0.25) is 0 Å². The van der Waals surface area contributed by atoms with Gasteiger partial charge in [-0.1, -0.05) is 13.3 Å². The molecule has 0 unspecified atom stereocenters. The minimum atomic E-state index is -1.26. The summed E-state index contributed by atoms with van der Waals surface area (Å²) in [6.45, 7) is 4.95. The Kier molecular flexibility index (Phi) is 7.47. The minimum Gasteiger partial charge on any atom is -0.490 e. The Morgan fingerprint density at radius 1 is 1.41 bits per heavy atom. The number of carboxylic acids is 1. The van der Waals surface area contributed by atoms with Crippen LogP contribution in [0.1, 0.15) is 32.3 Å². The highest BCUT2D eigenvalue weighted by Gasteiger charge is 2.13. The first kappa shape index (κ1) is 18.1. The topological polar surface area (TPSA) is 79.5 Å². The predicted octanol–water partition coefficient (Wildman–Crippen LogP) is 4.02. The Morgan fingerprint density at radius 2 is 2.14 bits per heavy atom. The number of carbonyl (C=O) groups is 1. The molecule has 1 N–H and O–H groups in total. The van der Waals surface area contributed by atoms with E-state index in [0.29, 0.717) is 34.7 Å². The molecule has 0 heterocycles. The normalized spacial score (nSPS) is 10.9. The molecule has 118 valence electrons. The Morgan fingerprint density at radius 3 is 2.68 bits per heavy atom. The molecule has 0 spiro atoms. The molecule has 0 atom stereocenters. The smallest absolute Gasteiger partial charge is 0.346 e. The SMILES string of the molecule is CCCCOc1c(Br)cc(C=C(C#N)C(=O)O)cc1OCC. The van der Waals surface area contributed by atoms with Gasteiger partial charge in [0.2, 0.25) is 0 Å². The van der Waals surface area contributed by atoms with Crippen LogP contribution < -0.4 is 9.47 Å². The molecule has 6 heteroatoms. The summed E-state index contributed by atoms with van der Waals surface area (Å²) in [6.07, 6.45) is 3.25. The minimum absolute atomic E-state index is 0.339. The third kappa shape index (κ3) is 5.08. The van der Waals surface area contributed by atoms with Crippen molar-refractivity contribution in [2.45, 2.75) is 26.7 Å². The van der Waals surface area contributed by atoms with Crippen LogP contribution in [0.5, 0.6) is 11.5 Å². The Labute approximate surface area is 138 Å². The highest BCUT2D eigenvalue weighted by molar-refractivity contribution is 9.10. The van der Waals surface area contributed by atoms with Crippen LogP contribution in [0.3, 0.4) is 0 Å². The molecule has 0 radical (unpaired) electrons. The first-order valence-electron chi connectivity index (χ1n) is 6.97. The van der Waals surface area contributed by atoms with Crippen molar-refractivity contribution in [3.8, 4) is 17.6 Å². The van der Waals surface area contributed by atoms with Crippen molar-refractivity contribution < 1.29 is 19.4 Å². The summed E-state index contributed by atoms with van der Waals surface area (Å²) < 4.78 is 11.9. The quantitative estimate of drug-likeness (QED) is 0.426. The van der Waals surface area contributed by atoms with E-state index in [1.807, 2.05) is 6.92 Å². The maximum absolute atomic E-state index is 10.9. The van der Waals surface area contributed by atoms with E-state index >= 15 is 0 Å². The number of nitrogens with zero attached hydrogens (tertiary/aromatic N) is 1. The van der Waals surface area contributed by atoms with E-state index in [-0.39, 0.29) is 5.57 Å². The van der Waals surface area contributed by atoms with Crippen LogP contribution >= 0.6 is 15.9 Å². The van der Waals surface area contributed by atoms with E-state index in [1.165, 1.54) is 6.08 Å². The molecular weight excluding hydrogens is 350 g/mol. The fraction of sp³-hybridized carbons (Fsp3) is 0.375. The van der Waals surface area contributed by atoms with Gasteiger partial charge < -0.3 is 14.6 Å². The molecule has 22 heavy (non-hydrogen) atoms. The number of nitriles is 1. The standard InChI is InChI=1S/C16H18BrNO4/c1-3-5-6-22-15-13(17)8-11(9-14(15)21-4-2)7-12(10-18)16(19)20/h7-9H,3-6H2,1-2H3,(H,19,20). The van der Waals surface area contributed by atoms with Gasteiger partial charge in [-0.25, -0.2) is 4.79 Å². The van der Waals surface area contributed by atoms with Crippen LogP contribution in [0.4, 0.5) is 0 Å². The molecule has 1 aromatic rings. The van der Waals surface area contributed by atoms with Crippen molar-refractivity contribution in [1.29, 1.82) is 5.26 Å². The third-order valence-electron chi connectivity index (χ3n) is 2.74. The molecule has 0 amide bonds. The lowest BCUT2D eigenvalue weighted by Crippen LogP contribution is -2.02. The molecule has 1 aromatic carbocycles. The lowest BCUT2D eigenvalue weighted by Gasteiger charge is -2.14. The maximum Gasteiger partial charge on any atom is 0.346 e. The van der Waals surface area contributed by atoms with Crippen molar-refractivity contribution in [3.05, 3.63) is 27.7 Å². The number of carboxylic acid groups (broad SMARTS) is 1. The molecule has 0 aliphatic rings. The maximum atomic E-state index is 10.9. The number of aliphatic carboxylic acids is 1. The summed E-state index contributed by atoms with van der Waals surface area (Å²) in [5, 5.41) is 17.7. The number of ether oxygens (including phenoxy) is 2. The highest BCUT2D eigenvalue weighted by atomic mass is 79.9. The average Bonchev–Trinajstić information content (AvgIpc) is 2.47. The summed E-state index contributed by atoms with van der Waals surface area (Å²) in [4.78, 5) is 10.9. The summed E-state index contributed by atoms with van der Waals surface area (Å²) in [7, 11) is 0. The zero-order chi connectivity index (χ0) is 16.5. The largest absolute Gasteiger partial charge is 0.490 e. The second-order valence-corrected chi connectivity index (χ2v) is 5.29. The van der Waals surface area contributed by atoms with Gasteiger partial charge in [0.25, 0.3) is 0 Å². The summed E-state index contributed by atoms with van der Waals surface area (Å²) >= 11 is 3.40. The summed E-state index contributed by atoms with van der Waals surface area (Å²) in [5.74, 6) is -0.164. The van der Waals surface area contributed by atoms with Crippen LogP contribution in [0.15, 0.2) is 22.2 Å². The zero-order valence-electron chi connectivity index (χ0n) is 12.6. The van der Waals surface area contributed by atoms with E-state index in [0.717, 1.165) is 12.8 Å². The van der Waals surface area contributed by atoms with Crippen molar-refractivity contribution in [1.82, 2.24) is 0 Å². The van der Waals surface area contributed by atoms with E-state index in [2.05, 4.69) is 22.9 Å². The lowest BCUT2D eigenvalue weighted by molar-refractivity contribution is -0.132. The van der Waals surface area contributed by atoms with Gasteiger partial charge in [0.15, 0.2) is 11.5 Å². The average molecular weight is 368 g/mol. The number of hydrogen-bond donors (Lipinski definition) is 1. The predicted molar refractivity (Wildman–Crippen MR) is 86.9 cm³/mol. The van der Waals surface area contributed by atoms with Crippen LogP contribution in [0.25, 0.3) is 6.08 Å². The third-order valence-corrected chi connectivity index (χ3v) is 3.33. The highest BCUT2D eigenvalue weighted by Crippen LogP contribution is 2.37. The monoisotopic (exact) mass is 367 g/mol. The van der Waals surface area contributed by atoms with Crippen molar-refractivity contribution in [2.75, 3.05) is 13.2 Å². The van der Waals surface area contributed by atoms with Crippen LogP contribution in [-0.2, 0) is 4.79 Å². The van der Waals surface area contributed by atoms with Crippen molar-refractivity contribution in [3.63, 3.8) is 0 Å². The Balaban J connectivity index is 3.19.